The molecule has 0 unspecified atom stereocenters. The monoisotopic (exact) mass is 498 g/mol. The van der Waals surface area contributed by atoms with Gasteiger partial charge in [-0.05, 0) is 56.5 Å². The third kappa shape index (κ3) is 4.45. The topological polar surface area (TPSA) is 66.6 Å². The fraction of sp³-hybridized carbons (Fsp3) is 0.619. The lowest BCUT2D eigenvalue weighted by Gasteiger charge is -2.33. The molecule has 2 aromatic rings. The zero-order valence-corrected chi connectivity index (χ0v) is 20.0. The number of halogens is 2. The van der Waals surface area contributed by atoms with Crippen LogP contribution in [0.5, 0.6) is 0 Å². The summed E-state index contributed by atoms with van der Waals surface area (Å²) < 4.78 is 59.7. The van der Waals surface area contributed by atoms with Crippen LogP contribution in [0, 0.1) is 16.4 Å². The van der Waals surface area contributed by atoms with Crippen molar-refractivity contribution in [2.75, 3.05) is 44.2 Å². The Morgan fingerprint density at radius 1 is 0.970 bits per heavy atom. The highest BCUT2D eigenvalue weighted by Gasteiger charge is 2.34. The van der Waals surface area contributed by atoms with Gasteiger partial charge >= 0.3 is 0 Å². The minimum atomic E-state index is -4.25. The Hall–Kier alpha value is -1.89. The van der Waals surface area contributed by atoms with E-state index >= 15 is 0 Å². The van der Waals surface area contributed by atoms with Gasteiger partial charge in [-0.15, -0.1) is 5.10 Å². The lowest BCUT2D eigenvalue weighted by molar-refractivity contribution is 0.144. The number of hydrogen-bond donors (Lipinski definition) is 0. The first-order valence-electron chi connectivity index (χ1n) is 11.5. The van der Waals surface area contributed by atoms with Gasteiger partial charge in [-0.2, -0.15) is 4.31 Å². The fourth-order valence-corrected chi connectivity index (χ4v) is 6.48. The van der Waals surface area contributed by atoms with Crippen LogP contribution in [-0.4, -0.2) is 71.2 Å². The highest BCUT2D eigenvalue weighted by Crippen LogP contribution is 2.38. The van der Waals surface area contributed by atoms with Crippen molar-refractivity contribution < 1.29 is 17.2 Å². The van der Waals surface area contributed by atoms with Crippen molar-refractivity contribution in [1.29, 1.82) is 0 Å². The van der Waals surface area contributed by atoms with Gasteiger partial charge in [0.05, 0.1) is 6.67 Å². The second kappa shape index (κ2) is 9.05. The van der Waals surface area contributed by atoms with E-state index < -0.39 is 26.6 Å². The SMILES string of the molecule is O=S(=O)(c1c(F)cccc1F)N1CCN(Cn2nc(N3CCCCC3)n(C3CC3)c2=S)CC1. The van der Waals surface area contributed by atoms with Crippen molar-refractivity contribution in [2.24, 2.45) is 0 Å². The van der Waals surface area contributed by atoms with Crippen molar-refractivity contribution >= 4 is 28.2 Å². The molecule has 12 heteroatoms. The van der Waals surface area contributed by atoms with Crippen LogP contribution >= 0.6 is 12.2 Å². The van der Waals surface area contributed by atoms with Gasteiger partial charge in [0, 0.05) is 45.3 Å². The molecule has 5 rings (SSSR count). The number of anilines is 1. The number of piperidine rings is 1. The lowest BCUT2D eigenvalue weighted by Crippen LogP contribution is -2.49. The van der Waals surface area contributed by atoms with E-state index in [1.807, 2.05) is 4.68 Å². The molecule has 0 atom stereocenters. The Bertz CT molecular complexity index is 1160. The van der Waals surface area contributed by atoms with Crippen LogP contribution in [0.15, 0.2) is 23.1 Å². The summed E-state index contributed by atoms with van der Waals surface area (Å²) in [6.45, 7) is 3.57. The van der Waals surface area contributed by atoms with Gasteiger partial charge in [-0.25, -0.2) is 21.9 Å². The summed E-state index contributed by atoms with van der Waals surface area (Å²) in [6.07, 6.45) is 5.78. The first-order chi connectivity index (χ1) is 15.9. The summed E-state index contributed by atoms with van der Waals surface area (Å²) in [5, 5.41) is 4.86. The molecule has 3 heterocycles. The van der Waals surface area contributed by atoms with E-state index in [4.69, 9.17) is 17.3 Å². The molecule has 3 fully saturated rings. The first-order valence-corrected chi connectivity index (χ1v) is 13.3. The van der Waals surface area contributed by atoms with Gasteiger partial charge in [0.15, 0.2) is 4.90 Å². The second-order valence-electron chi connectivity index (χ2n) is 8.95. The molecular formula is C21H28F2N6O2S2. The summed E-state index contributed by atoms with van der Waals surface area (Å²) in [6, 6.07) is 3.50. The molecule has 0 bridgehead atoms. The Balaban J connectivity index is 1.29. The third-order valence-corrected chi connectivity index (χ3v) is 8.94. The van der Waals surface area contributed by atoms with Crippen LogP contribution in [0.25, 0.3) is 0 Å². The molecule has 33 heavy (non-hydrogen) atoms. The predicted molar refractivity (Wildman–Crippen MR) is 122 cm³/mol. The number of hydrogen-bond acceptors (Lipinski definition) is 6. The normalized spacial score (nSPS) is 21.0. The maximum Gasteiger partial charge on any atom is 0.249 e. The molecule has 1 aliphatic carbocycles. The highest BCUT2D eigenvalue weighted by molar-refractivity contribution is 7.89. The van der Waals surface area contributed by atoms with E-state index in [-0.39, 0.29) is 13.1 Å². The Morgan fingerprint density at radius 2 is 1.61 bits per heavy atom. The molecule has 1 aromatic carbocycles. The van der Waals surface area contributed by atoms with Gasteiger partial charge in [0.1, 0.15) is 11.6 Å². The summed E-state index contributed by atoms with van der Waals surface area (Å²) >= 11 is 5.76. The average Bonchev–Trinajstić information content (AvgIpc) is 3.58. The standard InChI is InChI=1S/C21H28F2N6O2S2/c22-17-5-4-6-18(23)19(17)33(30,31)27-13-11-25(12-14-27)15-28-21(32)29(16-7-8-16)20(24-28)26-9-2-1-3-10-26/h4-6,16H,1-3,7-15H2. The quantitative estimate of drug-likeness (QED) is 0.571. The van der Waals surface area contributed by atoms with Crippen molar-refractivity contribution in [2.45, 2.75) is 49.7 Å². The summed E-state index contributed by atoms with van der Waals surface area (Å²) in [7, 11) is -4.25. The zero-order chi connectivity index (χ0) is 23.2. The van der Waals surface area contributed by atoms with Crippen LogP contribution in [0.4, 0.5) is 14.7 Å². The number of piperazine rings is 1. The molecule has 2 aliphatic heterocycles. The number of nitrogens with zero attached hydrogens (tertiary/aromatic N) is 6. The number of aromatic nitrogens is 3. The molecule has 1 aromatic heterocycles. The average molecular weight is 499 g/mol. The molecule has 1 saturated carbocycles. The van der Waals surface area contributed by atoms with E-state index in [9.17, 15) is 17.2 Å². The molecule has 0 spiro atoms. The molecular weight excluding hydrogens is 470 g/mol. The molecule has 3 aliphatic rings. The van der Waals surface area contributed by atoms with E-state index in [0.717, 1.165) is 67.2 Å². The van der Waals surface area contributed by atoms with Crippen LogP contribution < -0.4 is 4.90 Å². The number of benzene rings is 1. The fourth-order valence-electron chi connectivity index (χ4n) is 4.62. The minimum Gasteiger partial charge on any atom is -0.341 e. The molecule has 2 saturated heterocycles. The molecule has 0 N–H and O–H groups in total. The van der Waals surface area contributed by atoms with E-state index in [0.29, 0.717) is 30.6 Å². The molecule has 0 amide bonds. The number of rotatable bonds is 6. The summed E-state index contributed by atoms with van der Waals surface area (Å²) in [5.74, 6) is -1.20. The van der Waals surface area contributed by atoms with Crippen molar-refractivity contribution in [3.8, 4) is 0 Å². The molecule has 180 valence electrons. The third-order valence-electron chi connectivity index (χ3n) is 6.59. The second-order valence-corrected chi connectivity index (χ2v) is 11.2. The highest BCUT2D eigenvalue weighted by atomic mass is 32.2. The van der Waals surface area contributed by atoms with Crippen molar-refractivity contribution in [3.05, 3.63) is 34.6 Å². The summed E-state index contributed by atoms with van der Waals surface area (Å²) in [4.78, 5) is 3.51. The van der Waals surface area contributed by atoms with E-state index in [2.05, 4.69) is 14.4 Å². The smallest absolute Gasteiger partial charge is 0.249 e. The molecule has 0 radical (unpaired) electrons. The van der Waals surface area contributed by atoms with Gasteiger partial charge in [-0.1, -0.05) is 6.07 Å². The van der Waals surface area contributed by atoms with Gasteiger partial charge < -0.3 is 4.90 Å². The minimum absolute atomic E-state index is 0.145. The molecule has 8 nitrogen and oxygen atoms in total. The predicted octanol–water partition coefficient (Wildman–Crippen LogP) is 2.98. The lowest BCUT2D eigenvalue weighted by atomic mass is 10.1. The van der Waals surface area contributed by atoms with Crippen molar-refractivity contribution in [3.63, 3.8) is 0 Å². The maximum atomic E-state index is 14.1. The van der Waals surface area contributed by atoms with Crippen LogP contribution in [-0.2, 0) is 16.7 Å². The van der Waals surface area contributed by atoms with Gasteiger partial charge in [0.25, 0.3) is 0 Å². The summed E-state index contributed by atoms with van der Waals surface area (Å²) in [5.41, 5.74) is 0. The van der Waals surface area contributed by atoms with Gasteiger partial charge in [0.2, 0.25) is 20.7 Å². The van der Waals surface area contributed by atoms with Gasteiger partial charge in [-0.3, -0.25) is 9.47 Å². The maximum absolute atomic E-state index is 14.1. The Labute approximate surface area is 197 Å². The van der Waals surface area contributed by atoms with E-state index in [1.54, 1.807) is 0 Å². The van der Waals surface area contributed by atoms with Crippen LogP contribution in [0.1, 0.15) is 38.1 Å². The van der Waals surface area contributed by atoms with Crippen LogP contribution in [0.2, 0.25) is 0 Å². The first kappa shape index (κ1) is 22.9. The van der Waals surface area contributed by atoms with Crippen molar-refractivity contribution in [1.82, 2.24) is 23.6 Å². The Kier molecular flexibility index (Phi) is 6.27. The zero-order valence-electron chi connectivity index (χ0n) is 18.4. The van der Waals surface area contributed by atoms with Crippen LogP contribution in [0.3, 0.4) is 0 Å². The number of sulfonamides is 1. The Morgan fingerprint density at radius 3 is 2.21 bits per heavy atom. The largest absolute Gasteiger partial charge is 0.341 e. The van der Waals surface area contributed by atoms with E-state index in [1.165, 1.54) is 6.42 Å².